The van der Waals surface area contributed by atoms with Crippen molar-refractivity contribution in [1.29, 1.82) is 0 Å². The van der Waals surface area contributed by atoms with Crippen molar-refractivity contribution in [1.82, 2.24) is 5.32 Å². The first-order chi connectivity index (χ1) is 9.71. The smallest absolute Gasteiger partial charge is 0.323 e. The van der Waals surface area contributed by atoms with E-state index in [0.29, 0.717) is 12.1 Å². The van der Waals surface area contributed by atoms with Crippen LogP contribution >= 0.6 is 0 Å². The molecule has 0 aliphatic heterocycles. The van der Waals surface area contributed by atoms with Gasteiger partial charge in [-0.2, -0.15) is 4.39 Å². The monoisotopic (exact) mass is 304 g/mol. The molecule has 2 N–H and O–H groups in total. The van der Waals surface area contributed by atoms with E-state index in [2.05, 4.69) is 5.32 Å². The van der Waals surface area contributed by atoms with Crippen molar-refractivity contribution in [2.75, 3.05) is 13.7 Å². The van der Waals surface area contributed by atoms with Crippen LogP contribution < -0.4 is 10.1 Å². The van der Waals surface area contributed by atoms with Crippen molar-refractivity contribution in [3.8, 4) is 5.75 Å². The Morgan fingerprint density at radius 1 is 1.48 bits per heavy atom. The van der Waals surface area contributed by atoms with E-state index < -0.39 is 39.5 Å². The number of hydrogen-bond acceptors (Lipinski definition) is 5. The molecule has 0 saturated carbocycles. The van der Waals surface area contributed by atoms with E-state index in [1.807, 2.05) is 0 Å². The van der Waals surface area contributed by atoms with Crippen LogP contribution in [0.15, 0.2) is 12.1 Å². The lowest BCUT2D eigenvalue weighted by molar-refractivity contribution is -0.387. The molecule has 1 unspecified atom stereocenters. The molecule has 0 heterocycles. The number of carbonyl (C=O) groups is 1. The first-order valence-electron chi connectivity index (χ1n) is 5.90. The standard InChI is InChI=1S/C12H14F2N2O5/c1-12(15-2,11(17)18)3-4-21-10-6-7(13)9(16(19)20)5-8(10)14/h5-6,15H,3-4H2,1-2H3,(H,17,18). The number of ether oxygens (including phenoxy) is 1. The van der Waals surface area contributed by atoms with Crippen LogP contribution in [0.2, 0.25) is 0 Å². The summed E-state index contributed by atoms with van der Waals surface area (Å²) in [6.45, 7) is 1.20. The molecule has 0 fully saturated rings. The minimum absolute atomic E-state index is 0.0170. The van der Waals surface area contributed by atoms with Crippen molar-refractivity contribution in [2.45, 2.75) is 18.9 Å². The molecule has 0 saturated heterocycles. The van der Waals surface area contributed by atoms with Gasteiger partial charge >= 0.3 is 11.7 Å². The fourth-order valence-corrected chi connectivity index (χ4v) is 1.47. The Balaban J connectivity index is 2.79. The molecule has 9 heteroatoms. The average molecular weight is 304 g/mol. The van der Waals surface area contributed by atoms with Gasteiger partial charge in [-0.3, -0.25) is 14.9 Å². The van der Waals surface area contributed by atoms with E-state index >= 15 is 0 Å². The number of rotatable bonds is 7. The molecule has 116 valence electrons. The molecule has 0 bridgehead atoms. The highest BCUT2D eigenvalue weighted by atomic mass is 19.1. The molecule has 7 nitrogen and oxygen atoms in total. The van der Waals surface area contributed by atoms with Crippen LogP contribution in [0.25, 0.3) is 0 Å². The van der Waals surface area contributed by atoms with Gasteiger partial charge in [-0.1, -0.05) is 0 Å². The predicted octanol–water partition coefficient (Wildman–Crippen LogP) is 1.70. The number of nitrogens with one attached hydrogen (secondary N) is 1. The quantitative estimate of drug-likeness (QED) is 0.587. The number of carboxylic acid groups (broad SMARTS) is 1. The third-order valence-corrected chi connectivity index (χ3v) is 3.08. The third-order valence-electron chi connectivity index (χ3n) is 3.08. The van der Waals surface area contributed by atoms with Crippen molar-refractivity contribution in [3.05, 3.63) is 33.9 Å². The van der Waals surface area contributed by atoms with Gasteiger partial charge < -0.3 is 15.2 Å². The number of hydrogen-bond donors (Lipinski definition) is 2. The zero-order valence-electron chi connectivity index (χ0n) is 11.4. The number of halogens is 2. The Morgan fingerprint density at radius 3 is 2.57 bits per heavy atom. The minimum Gasteiger partial charge on any atom is -0.490 e. The van der Waals surface area contributed by atoms with Crippen LogP contribution in [0, 0.1) is 21.7 Å². The number of nitro groups is 1. The number of benzene rings is 1. The molecule has 0 amide bonds. The summed E-state index contributed by atoms with van der Waals surface area (Å²) >= 11 is 0. The molecule has 1 aromatic carbocycles. The summed E-state index contributed by atoms with van der Waals surface area (Å²) in [6, 6.07) is 0.976. The molecule has 0 aliphatic carbocycles. The van der Waals surface area contributed by atoms with Gasteiger partial charge in [0.15, 0.2) is 11.6 Å². The van der Waals surface area contributed by atoms with E-state index in [-0.39, 0.29) is 13.0 Å². The van der Waals surface area contributed by atoms with Crippen molar-refractivity contribution in [2.24, 2.45) is 0 Å². The molecule has 1 aromatic rings. The SMILES string of the molecule is CNC(C)(CCOc1cc(F)c([N+](=O)[O-])cc1F)C(=O)O. The lowest BCUT2D eigenvalue weighted by atomic mass is 9.99. The van der Waals surface area contributed by atoms with Crippen LogP contribution in [0.4, 0.5) is 14.5 Å². The van der Waals surface area contributed by atoms with Crippen molar-refractivity contribution < 1.29 is 28.3 Å². The topological polar surface area (TPSA) is 102 Å². The predicted molar refractivity (Wildman–Crippen MR) is 68.2 cm³/mol. The summed E-state index contributed by atoms with van der Waals surface area (Å²) in [5.74, 6) is -3.96. The largest absolute Gasteiger partial charge is 0.490 e. The van der Waals surface area contributed by atoms with E-state index in [9.17, 15) is 23.7 Å². The summed E-state index contributed by atoms with van der Waals surface area (Å²) in [5.41, 5.74) is -2.28. The van der Waals surface area contributed by atoms with Crippen LogP contribution in [0.3, 0.4) is 0 Å². The third kappa shape index (κ3) is 3.85. The molecular weight excluding hydrogens is 290 g/mol. The second-order valence-electron chi connectivity index (χ2n) is 4.48. The Bertz CT molecular complexity index is 567. The van der Waals surface area contributed by atoms with Gasteiger partial charge in [-0.05, 0) is 14.0 Å². The molecule has 1 atom stereocenters. The van der Waals surface area contributed by atoms with Crippen LogP contribution in [-0.2, 0) is 4.79 Å². The van der Waals surface area contributed by atoms with E-state index in [4.69, 9.17) is 9.84 Å². The Labute approximate surface area is 118 Å². The maximum Gasteiger partial charge on any atom is 0.323 e. The molecule has 0 aromatic heterocycles. The summed E-state index contributed by atoms with van der Waals surface area (Å²) in [6.07, 6.45) is -0.0170. The van der Waals surface area contributed by atoms with Gasteiger partial charge in [0.1, 0.15) is 5.54 Å². The Hall–Kier alpha value is -2.29. The summed E-state index contributed by atoms with van der Waals surface area (Å²) < 4.78 is 31.8. The van der Waals surface area contributed by atoms with Crippen LogP contribution in [0.5, 0.6) is 5.75 Å². The van der Waals surface area contributed by atoms with Gasteiger partial charge in [-0.25, -0.2) is 4.39 Å². The highest BCUT2D eigenvalue weighted by molar-refractivity contribution is 5.78. The van der Waals surface area contributed by atoms with Crippen molar-refractivity contribution >= 4 is 11.7 Å². The molecule has 0 spiro atoms. The van der Waals surface area contributed by atoms with Gasteiger partial charge in [0.2, 0.25) is 5.82 Å². The number of aliphatic carboxylic acids is 1. The highest BCUT2D eigenvalue weighted by Crippen LogP contribution is 2.26. The molecule has 1 rings (SSSR count). The second-order valence-corrected chi connectivity index (χ2v) is 4.48. The normalized spacial score (nSPS) is 13.5. The van der Waals surface area contributed by atoms with Gasteiger partial charge in [0.05, 0.1) is 17.6 Å². The molecular formula is C12H14F2N2O5. The molecule has 21 heavy (non-hydrogen) atoms. The van der Waals surface area contributed by atoms with Gasteiger partial charge in [-0.15, -0.1) is 0 Å². The van der Waals surface area contributed by atoms with Gasteiger partial charge in [0.25, 0.3) is 0 Å². The zero-order valence-corrected chi connectivity index (χ0v) is 11.4. The lowest BCUT2D eigenvalue weighted by Gasteiger charge is -2.23. The Morgan fingerprint density at radius 2 is 2.10 bits per heavy atom. The first-order valence-corrected chi connectivity index (χ1v) is 5.90. The van der Waals surface area contributed by atoms with Crippen molar-refractivity contribution in [3.63, 3.8) is 0 Å². The first kappa shape index (κ1) is 16.8. The summed E-state index contributed by atoms with van der Waals surface area (Å²) in [5, 5.41) is 22.0. The molecule has 0 aliphatic rings. The zero-order chi connectivity index (χ0) is 16.2. The fraction of sp³-hybridized carbons (Fsp3) is 0.417. The summed E-state index contributed by atoms with van der Waals surface area (Å²) in [7, 11) is 1.44. The fourth-order valence-electron chi connectivity index (χ4n) is 1.47. The van der Waals surface area contributed by atoms with E-state index in [1.165, 1.54) is 14.0 Å². The maximum atomic E-state index is 13.5. The van der Waals surface area contributed by atoms with Crippen LogP contribution in [-0.4, -0.2) is 35.2 Å². The second kappa shape index (κ2) is 6.44. The van der Waals surface area contributed by atoms with E-state index in [0.717, 1.165) is 0 Å². The maximum absolute atomic E-state index is 13.5. The number of nitro benzene ring substituents is 1. The minimum atomic E-state index is -1.28. The average Bonchev–Trinajstić information content (AvgIpc) is 2.41. The molecule has 0 radical (unpaired) electrons. The number of nitrogens with zero attached hydrogens (tertiary/aromatic N) is 1. The lowest BCUT2D eigenvalue weighted by Crippen LogP contribution is -2.48. The van der Waals surface area contributed by atoms with Gasteiger partial charge in [0, 0.05) is 12.5 Å². The van der Waals surface area contributed by atoms with Crippen LogP contribution in [0.1, 0.15) is 13.3 Å². The number of carboxylic acids is 1. The highest BCUT2D eigenvalue weighted by Gasteiger charge is 2.31. The number of likely N-dealkylation sites (N-methyl/N-ethyl adjacent to an activating group) is 1. The summed E-state index contributed by atoms with van der Waals surface area (Å²) in [4.78, 5) is 20.4. The van der Waals surface area contributed by atoms with E-state index in [1.54, 1.807) is 0 Å². The Kier molecular flexibility index (Phi) is 5.14.